The zero-order chi connectivity index (χ0) is 12.7. The zero-order valence-corrected chi connectivity index (χ0v) is 11.0. The summed E-state index contributed by atoms with van der Waals surface area (Å²) in [5.74, 6) is 0. The normalized spacial score (nSPS) is 22.4. The molecular weight excluding hydrogens is 216 g/mol. The summed E-state index contributed by atoms with van der Waals surface area (Å²) in [7, 11) is 0. The third kappa shape index (κ3) is 5.03. The molecule has 1 aliphatic heterocycles. The molecule has 0 aromatic rings. The number of nitrogens with zero attached hydrogens (tertiary/aromatic N) is 2. The molecule has 1 heterocycles. The van der Waals surface area contributed by atoms with Crippen molar-refractivity contribution in [1.29, 1.82) is 5.26 Å². The molecule has 0 aromatic heterocycles. The molecule has 1 rings (SSSR count). The van der Waals surface area contributed by atoms with Gasteiger partial charge >= 0.3 is 0 Å². The summed E-state index contributed by atoms with van der Waals surface area (Å²) < 4.78 is 5.34. The van der Waals surface area contributed by atoms with Crippen LogP contribution in [0.3, 0.4) is 0 Å². The third-order valence-corrected chi connectivity index (χ3v) is 3.36. The molecule has 4 nitrogen and oxygen atoms in total. The molecule has 1 fully saturated rings. The van der Waals surface area contributed by atoms with Crippen LogP contribution in [0.1, 0.15) is 33.1 Å². The largest absolute Gasteiger partial charge is 0.395 e. The Morgan fingerprint density at radius 2 is 2.24 bits per heavy atom. The van der Waals surface area contributed by atoms with Gasteiger partial charge in [0.1, 0.15) is 0 Å². The molecule has 1 aliphatic rings. The molecule has 1 unspecified atom stereocenters. The SMILES string of the molecule is CC(C)(C#N)CCCCN1CCOCC1CO. The molecule has 0 amide bonds. The first-order valence-corrected chi connectivity index (χ1v) is 6.43. The summed E-state index contributed by atoms with van der Waals surface area (Å²) >= 11 is 0. The third-order valence-electron chi connectivity index (χ3n) is 3.36. The fourth-order valence-electron chi connectivity index (χ4n) is 2.09. The lowest BCUT2D eigenvalue weighted by Crippen LogP contribution is -2.47. The lowest BCUT2D eigenvalue weighted by atomic mass is 9.89. The average Bonchev–Trinajstić information content (AvgIpc) is 2.35. The maximum atomic E-state index is 9.22. The van der Waals surface area contributed by atoms with Crippen molar-refractivity contribution in [3.63, 3.8) is 0 Å². The highest BCUT2D eigenvalue weighted by Gasteiger charge is 2.22. The van der Waals surface area contributed by atoms with Crippen molar-refractivity contribution in [2.75, 3.05) is 32.9 Å². The standard InChI is InChI=1S/C13H24N2O2/c1-13(2,11-14)5-3-4-6-15-7-8-17-10-12(15)9-16/h12,16H,3-10H2,1-2H3. The summed E-state index contributed by atoms with van der Waals surface area (Å²) in [6.45, 7) is 7.45. The Balaban J connectivity index is 2.19. The zero-order valence-electron chi connectivity index (χ0n) is 11.0. The van der Waals surface area contributed by atoms with Gasteiger partial charge in [-0.1, -0.05) is 6.42 Å². The minimum Gasteiger partial charge on any atom is -0.395 e. The number of hydrogen-bond donors (Lipinski definition) is 1. The summed E-state index contributed by atoms with van der Waals surface area (Å²) in [4.78, 5) is 2.29. The van der Waals surface area contributed by atoms with Gasteiger partial charge in [-0.05, 0) is 33.2 Å². The molecule has 17 heavy (non-hydrogen) atoms. The Kier molecular flexibility index (Phi) is 5.90. The Bertz CT molecular complexity index is 261. The van der Waals surface area contributed by atoms with Crippen molar-refractivity contribution in [3.05, 3.63) is 0 Å². The number of hydrogen-bond acceptors (Lipinski definition) is 4. The van der Waals surface area contributed by atoms with E-state index in [1.165, 1.54) is 0 Å². The molecule has 0 aromatic carbocycles. The topological polar surface area (TPSA) is 56.5 Å². The second-order valence-electron chi connectivity index (χ2n) is 5.40. The van der Waals surface area contributed by atoms with E-state index in [0.29, 0.717) is 6.61 Å². The first-order valence-electron chi connectivity index (χ1n) is 6.43. The molecule has 1 saturated heterocycles. The smallest absolute Gasteiger partial charge is 0.0683 e. The Morgan fingerprint density at radius 1 is 1.47 bits per heavy atom. The summed E-state index contributed by atoms with van der Waals surface area (Å²) in [5.41, 5.74) is -0.207. The van der Waals surface area contributed by atoms with Crippen molar-refractivity contribution < 1.29 is 9.84 Å². The van der Waals surface area contributed by atoms with E-state index in [1.54, 1.807) is 0 Å². The van der Waals surface area contributed by atoms with Gasteiger partial charge < -0.3 is 9.84 Å². The van der Waals surface area contributed by atoms with Crippen LogP contribution in [0.5, 0.6) is 0 Å². The fraction of sp³-hybridized carbons (Fsp3) is 0.923. The maximum Gasteiger partial charge on any atom is 0.0683 e. The van der Waals surface area contributed by atoms with Crippen LogP contribution in [0.15, 0.2) is 0 Å². The van der Waals surface area contributed by atoms with E-state index >= 15 is 0 Å². The number of nitriles is 1. The number of ether oxygens (including phenoxy) is 1. The van der Waals surface area contributed by atoms with E-state index in [2.05, 4.69) is 11.0 Å². The predicted octanol–water partition coefficient (Wildman–Crippen LogP) is 1.40. The number of rotatable bonds is 6. The van der Waals surface area contributed by atoms with Crippen molar-refractivity contribution in [3.8, 4) is 6.07 Å². The number of morpholine rings is 1. The van der Waals surface area contributed by atoms with Crippen molar-refractivity contribution >= 4 is 0 Å². The molecule has 4 heteroatoms. The lowest BCUT2D eigenvalue weighted by Gasteiger charge is -2.34. The highest BCUT2D eigenvalue weighted by molar-refractivity contribution is 4.91. The van der Waals surface area contributed by atoms with Crippen LogP contribution in [-0.4, -0.2) is 49.0 Å². The van der Waals surface area contributed by atoms with E-state index in [1.807, 2.05) is 13.8 Å². The second-order valence-corrected chi connectivity index (χ2v) is 5.40. The van der Waals surface area contributed by atoms with Gasteiger partial charge in [0.15, 0.2) is 0 Å². The van der Waals surface area contributed by atoms with Crippen LogP contribution in [-0.2, 0) is 4.74 Å². The maximum absolute atomic E-state index is 9.22. The molecule has 0 spiro atoms. The number of aliphatic hydroxyl groups is 1. The number of aliphatic hydroxyl groups excluding tert-OH is 1. The van der Waals surface area contributed by atoms with Gasteiger partial charge in [0, 0.05) is 6.54 Å². The van der Waals surface area contributed by atoms with Crippen LogP contribution in [0.25, 0.3) is 0 Å². The van der Waals surface area contributed by atoms with Gasteiger partial charge in [0.2, 0.25) is 0 Å². The highest BCUT2D eigenvalue weighted by atomic mass is 16.5. The van der Waals surface area contributed by atoms with Gasteiger partial charge in [-0.25, -0.2) is 0 Å². The van der Waals surface area contributed by atoms with Gasteiger partial charge in [0.05, 0.1) is 37.3 Å². The fourth-order valence-corrected chi connectivity index (χ4v) is 2.09. The van der Waals surface area contributed by atoms with Crippen molar-refractivity contribution in [1.82, 2.24) is 4.90 Å². The minimum atomic E-state index is -0.207. The van der Waals surface area contributed by atoms with Gasteiger partial charge in [-0.3, -0.25) is 4.90 Å². The quantitative estimate of drug-likeness (QED) is 0.713. The van der Waals surface area contributed by atoms with E-state index in [-0.39, 0.29) is 18.1 Å². The average molecular weight is 240 g/mol. The van der Waals surface area contributed by atoms with Gasteiger partial charge in [-0.2, -0.15) is 5.26 Å². The molecule has 1 N–H and O–H groups in total. The molecule has 1 atom stereocenters. The molecule has 0 saturated carbocycles. The van der Waals surface area contributed by atoms with E-state index in [4.69, 9.17) is 10.00 Å². The van der Waals surface area contributed by atoms with Crippen LogP contribution in [0.2, 0.25) is 0 Å². The van der Waals surface area contributed by atoms with Gasteiger partial charge in [0.25, 0.3) is 0 Å². The Morgan fingerprint density at radius 3 is 2.88 bits per heavy atom. The molecule has 0 aliphatic carbocycles. The number of unbranched alkanes of at least 4 members (excludes halogenated alkanes) is 1. The van der Waals surface area contributed by atoms with E-state index < -0.39 is 0 Å². The predicted molar refractivity (Wildman–Crippen MR) is 66.5 cm³/mol. The summed E-state index contributed by atoms with van der Waals surface area (Å²) in [6, 6.07) is 2.49. The molecule has 98 valence electrons. The minimum absolute atomic E-state index is 0.160. The van der Waals surface area contributed by atoms with Gasteiger partial charge in [-0.15, -0.1) is 0 Å². The van der Waals surface area contributed by atoms with Crippen molar-refractivity contribution in [2.45, 2.75) is 39.2 Å². The molecule has 0 bridgehead atoms. The second kappa shape index (κ2) is 6.95. The first-order chi connectivity index (χ1) is 8.09. The Hall–Kier alpha value is -0.630. The van der Waals surface area contributed by atoms with Crippen LogP contribution >= 0.6 is 0 Å². The lowest BCUT2D eigenvalue weighted by molar-refractivity contribution is -0.0279. The molecule has 0 radical (unpaired) electrons. The first kappa shape index (κ1) is 14.4. The highest BCUT2D eigenvalue weighted by Crippen LogP contribution is 2.22. The summed E-state index contributed by atoms with van der Waals surface area (Å²) in [5, 5.41) is 18.1. The molecular formula is C13H24N2O2. The van der Waals surface area contributed by atoms with Crippen LogP contribution in [0, 0.1) is 16.7 Å². The van der Waals surface area contributed by atoms with Crippen molar-refractivity contribution in [2.24, 2.45) is 5.41 Å². The van der Waals surface area contributed by atoms with E-state index in [0.717, 1.165) is 39.0 Å². The van der Waals surface area contributed by atoms with Crippen LogP contribution in [0.4, 0.5) is 0 Å². The van der Waals surface area contributed by atoms with Crippen LogP contribution < -0.4 is 0 Å². The van der Waals surface area contributed by atoms with E-state index in [9.17, 15) is 5.11 Å². The monoisotopic (exact) mass is 240 g/mol. The summed E-state index contributed by atoms with van der Waals surface area (Å²) in [6.07, 6.45) is 3.09. The Labute approximate surface area is 104 Å².